The summed E-state index contributed by atoms with van der Waals surface area (Å²) in [6.07, 6.45) is 6.86. The van der Waals surface area contributed by atoms with Crippen molar-refractivity contribution in [1.29, 1.82) is 5.26 Å². The lowest BCUT2D eigenvalue weighted by Crippen LogP contribution is -2.39. The number of aromatic nitrogens is 1. The molecule has 4 rings (SSSR count). The molecule has 2 aliphatic rings. The minimum atomic E-state index is 0.492. The molecule has 1 saturated heterocycles. The molecule has 5 nitrogen and oxygen atoms in total. The molecule has 0 bridgehead atoms. The average molecular weight is 364 g/mol. The van der Waals surface area contributed by atoms with E-state index in [-0.39, 0.29) is 0 Å². The van der Waals surface area contributed by atoms with Gasteiger partial charge in [-0.2, -0.15) is 5.26 Å². The lowest BCUT2D eigenvalue weighted by Gasteiger charge is -2.33. The van der Waals surface area contributed by atoms with Gasteiger partial charge >= 0.3 is 0 Å². The normalized spacial score (nSPS) is 18.1. The third-order valence-electron chi connectivity index (χ3n) is 6.09. The van der Waals surface area contributed by atoms with E-state index in [0.29, 0.717) is 17.4 Å². The molecule has 0 saturated carbocycles. The molecule has 0 spiro atoms. The molecule has 0 atom stereocenters. The Morgan fingerprint density at radius 3 is 2.74 bits per heavy atom. The Balaban J connectivity index is 1.78. The van der Waals surface area contributed by atoms with E-state index >= 15 is 0 Å². The van der Waals surface area contributed by atoms with Gasteiger partial charge in [0.2, 0.25) is 0 Å². The Kier molecular flexibility index (Phi) is 5.18. The van der Waals surface area contributed by atoms with Crippen LogP contribution in [-0.2, 0) is 12.8 Å². The van der Waals surface area contributed by atoms with Crippen LogP contribution in [-0.4, -0.2) is 42.7 Å². The zero-order valence-corrected chi connectivity index (χ0v) is 16.3. The van der Waals surface area contributed by atoms with Gasteiger partial charge in [0.15, 0.2) is 0 Å². The molecule has 1 aliphatic carbocycles. The molecule has 0 amide bonds. The highest BCUT2D eigenvalue weighted by molar-refractivity contribution is 5.95. The third kappa shape index (κ3) is 3.46. The largest absolute Gasteiger partial charge is 0.495 e. The SMILES string of the molecule is CCN1CCC(Nc2c3c(nc4cc(C#N)c(OC)cc24)CCCC3)CC1. The summed E-state index contributed by atoms with van der Waals surface area (Å²) in [5.41, 5.74) is 5.26. The first-order valence-electron chi connectivity index (χ1n) is 10.2. The van der Waals surface area contributed by atoms with E-state index in [1.54, 1.807) is 7.11 Å². The van der Waals surface area contributed by atoms with Crippen LogP contribution in [0.2, 0.25) is 0 Å². The molecule has 0 unspecified atom stereocenters. The summed E-state index contributed by atoms with van der Waals surface area (Å²) in [4.78, 5) is 7.44. The number of methoxy groups -OCH3 is 1. The summed E-state index contributed by atoms with van der Waals surface area (Å²) in [7, 11) is 1.63. The summed E-state index contributed by atoms with van der Waals surface area (Å²) in [6, 6.07) is 6.61. The lowest BCUT2D eigenvalue weighted by molar-refractivity contribution is 0.229. The number of ether oxygens (including phenoxy) is 1. The fourth-order valence-corrected chi connectivity index (χ4v) is 4.47. The summed E-state index contributed by atoms with van der Waals surface area (Å²) >= 11 is 0. The molecule has 1 aliphatic heterocycles. The molecule has 2 aromatic rings. The second-order valence-corrected chi connectivity index (χ2v) is 7.65. The van der Waals surface area contributed by atoms with E-state index in [0.717, 1.165) is 43.4 Å². The van der Waals surface area contributed by atoms with E-state index in [1.165, 1.54) is 42.6 Å². The van der Waals surface area contributed by atoms with Gasteiger partial charge in [-0.1, -0.05) is 6.92 Å². The number of nitrogens with one attached hydrogen (secondary N) is 1. The number of nitrogens with zero attached hydrogens (tertiary/aromatic N) is 3. The zero-order valence-electron chi connectivity index (χ0n) is 16.3. The van der Waals surface area contributed by atoms with Crippen LogP contribution in [0.5, 0.6) is 5.75 Å². The maximum Gasteiger partial charge on any atom is 0.137 e. The van der Waals surface area contributed by atoms with Gasteiger partial charge in [-0.3, -0.25) is 4.98 Å². The molecule has 2 heterocycles. The summed E-state index contributed by atoms with van der Waals surface area (Å²) in [6.45, 7) is 5.68. The first kappa shape index (κ1) is 18.1. The predicted molar refractivity (Wildman–Crippen MR) is 108 cm³/mol. The molecule has 1 N–H and O–H groups in total. The summed E-state index contributed by atoms with van der Waals surface area (Å²) in [5.74, 6) is 0.631. The number of piperidine rings is 1. The summed E-state index contributed by atoms with van der Waals surface area (Å²) < 4.78 is 5.48. The van der Waals surface area contributed by atoms with Crippen molar-refractivity contribution in [3.05, 3.63) is 29.0 Å². The number of anilines is 1. The molecule has 5 heteroatoms. The van der Waals surface area contributed by atoms with Crippen molar-refractivity contribution in [1.82, 2.24) is 9.88 Å². The van der Waals surface area contributed by atoms with Gasteiger partial charge in [0.1, 0.15) is 11.8 Å². The Hall–Kier alpha value is -2.32. The van der Waals surface area contributed by atoms with Crippen molar-refractivity contribution >= 4 is 16.6 Å². The monoisotopic (exact) mass is 364 g/mol. The molecule has 1 aromatic heterocycles. The van der Waals surface area contributed by atoms with Gasteiger partial charge in [0, 0.05) is 35.9 Å². The Morgan fingerprint density at radius 1 is 1.26 bits per heavy atom. The molecular formula is C22H28N4O. The van der Waals surface area contributed by atoms with Gasteiger partial charge < -0.3 is 15.0 Å². The zero-order chi connectivity index (χ0) is 18.8. The lowest BCUT2D eigenvalue weighted by atomic mass is 9.91. The Morgan fingerprint density at radius 2 is 2.04 bits per heavy atom. The first-order valence-corrected chi connectivity index (χ1v) is 10.2. The second-order valence-electron chi connectivity index (χ2n) is 7.65. The van der Waals surface area contributed by atoms with Gasteiger partial charge in [-0.25, -0.2) is 0 Å². The van der Waals surface area contributed by atoms with Crippen molar-refractivity contribution in [2.45, 2.75) is 51.5 Å². The highest BCUT2D eigenvalue weighted by atomic mass is 16.5. The predicted octanol–water partition coefficient (Wildman–Crippen LogP) is 3.89. The fourth-order valence-electron chi connectivity index (χ4n) is 4.47. The van der Waals surface area contributed by atoms with Crippen LogP contribution >= 0.6 is 0 Å². The van der Waals surface area contributed by atoms with E-state index in [4.69, 9.17) is 9.72 Å². The number of likely N-dealkylation sites (tertiary alicyclic amines) is 1. The van der Waals surface area contributed by atoms with E-state index in [9.17, 15) is 5.26 Å². The van der Waals surface area contributed by atoms with Crippen molar-refractivity contribution in [3.63, 3.8) is 0 Å². The maximum atomic E-state index is 9.45. The van der Waals surface area contributed by atoms with Crippen LogP contribution in [0.25, 0.3) is 10.9 Å². The van der Waals surface area contributed by atoms with Crippen LogP contribution < -0.4 is 10.1 Å². The summed E-state index contributed by atoms with van der Waals surface area (Å²) in [5, 5.41) is 14.4. The molecule has 142 valence electrons. The van der Waals surface area contributed by atoms with Crippen molar-refractivity contribution in [3.8, 4) is 11.8 Å². The van der Waals surface area contributed by atoms with Gasteiger partial charge in [0.05, 0.1) is 18.2 Å². The first-order chi connectivity index (χ1) is 13.2. The van der Waals surface area contributed by atoms with E-state index in [1.807, 2.05) is 12.1 Å². The number of benzene rings is 1. The number of nitriles is 1. The number of hydrogen-bond acceptors (Lipinski definition) is 5. The smallest absolute Gasteiger partial charge is 0.137 e. The van der Waals surface area contributed by atoms with Gasteiger partial charge in [0.25, 0.3) is 0 Å². The van der Waals surface area contributed by atoms with E-state index < -0.39 is 0 Å². The number of pyridine rings is 1. The Labute approximate surface area is 161 Å². The molecular weight excluding hydrogens is 336 g/mol. The second kappa shape index (κ2) is 7.74. The van der Waals surface area contributed by atoms with Crippen LogP contribution in [0, 0.1) is 11.3 Å². The van der Waals surface area contributed by atoms with Crippen LogP contribution in [0.4, 0.5) is 5.69 Å². The maximum absolute atomic E-state index is 9.45. The van der Waals surface area contributed by atoms with Crippen LogP contribution in [0.3, 0.4) is 0 Å². The minimum Gasteiger partial charge on any atom is -0.495 e. The quantitative estimate of drug-likeness (QED) is 0.892. The molecule has 1 aromatic carbocycles. The van der Waals surface area contributed by atoms with Gasteiger partial charge in [-0.05, 0) is 62.8 Å². The fraction of sp³-hybridized carbons (Fsp3) is 0.545. The third-order valence-corrected chi connectivity index (χ3v) is 6.09. The van der Waals surface area contributed by atoms with E-state index in [2.05, 4.69) is 23.2 Å². The molecule has 1 fully saturated rings. The van der Waals surface area contributed by atoms with Crippen molar-refractivity contribution < 1.29 is 4.74 Å². The number of fused-ring (bicyclic) bond motifs is 2. The number of rotatable bonds is 4. The van der Waals surface area contributed by atoms with Gasteiger partial charge in [-0.15, -0.1) is 0 Å². The Bertz CT molecular complexity index is 878. The number of aryl methyl sites for hydroxylation is 1. The highest BCUT2D eigenvalue weighted by Gasteiger charge is 2.24. The number of hydrogen-bond donors (Lipinski definition) is 1. The molecule has 0 radical (unpaired) electrons. The highest BCUT2D eigenvalue weighted by Crippen LogP contribution is 2.37. The standard InChI is InChI=1S/C22H28N4O/c1-3-26-10-8-16(9-11-26)24-22-17-6-4-5-7-19(17)25-20-12-15(14-23)21(27-2)13-18(20)22/h12-13,16H,3-11H2,1-2H3,(H,24,25). The average Bonchev–Trinajstić information content (AvgIpc) is 2.73. The van der Waals surface area contributed by atoms with Crippen LogP contribution in [0.15, 0.2) is 12.1 Å². The minimum absolute atomic E-state index is 0.492. The topological polar surface area (TPSA) is 61.2 Å². The van der Waals surface area contributed by atoms with Crippen molar-refractivity contribution in [2.24, 2.45) is 0 Å². The molecule has 27 heavy (non-hydrogen) atoms. The van der Waals surface area contributed by atoms with Crippen molar-refractivity contribution in [2.75, 3.05) is 32.1 Å². The van der Waals surface area contributed by atoms with Crippen LogP contribution in [0.1, 0.15) is 49.4 Å².